The Balaban J connectivity index is 1.36. The van der Waals surface area contributed by atoms with Crippen molar-refractivity contribution in [2.45, 2.75) is 11.0 Å². The van der Waals surface area contributed by atoms with Crippen LogP contribution in [-0.4, -0.2) is 61.9 Å². The number of halogens is 2. The number of rotatable bonds is 9. The van der Waals surface area contributed by atoms with Crippen molar-refractivity contribution >= 4 is 15.7 Å². The Morgan fingerprint density at radius 2 is 1.61 bits per heavy atom. The molecule has 1 heterocycles. The van der Waals surface area contributed by atoms with E-state index in [1.807, 2.05) is 35.2 Å². The van der Waals surface area contributed by atoms with Crippen LogP contribution < -0.4 is 0 Å². The Morgan fingerprint density at radius 1 is 0.889 bits per heavy atom. The molecule has 11 heteroatoms. The van der Waals surface area contributed by atoms with E-state index in [2.05, 4.69) is 0 Å². The van der Waals surface area contributed by atoms with Gasteiger partial charge in [0.2, 0.25) is 10.0 Å². The molecule has 1 atom stereocenters. The number of nitro benzene ring substituents is 1. The van der Waals surface area contributed by atoms with Crippen LogP contribution in [0.2, 0.25) is 0 Å². The van der Waals surface area contributed by atoms with Gasteiger partial charge in [-0.3, -0.25) is 15.0 Å². The summed E-state index contributed by atoms with van der Waals surface area (Å²) in [5, 5.41) is 11.0. The predicted molar refractivity (Wildman–Crippen MR) is 129 cm³/mol. The first-order chi connectivity index (χ1) is 17.3. The third-order valence-electron chi connectivity index (χ3n) is 6.04. The molecule has 190 valence electrons. The summed E-state index contributed by atoms with van der Waals surface area (Å²) in [4.78, 5) is 12.3. The summed E-state index contributed by atoms with van der Waals surface area (Å²) in [5.74, 6) is -1.87. The lowest BCUT2D eigenvalue weighted by atomic mass is 10.0. The minimum atomic E-state index is -3.85. The lowest BCUT2D eigenvalue weighted by molar-refractivity contribution is -0.385. The van der Waals surface area contributed by atoms with Crippen LogP contribution in [0.15, 0.2) is 77.7 Å². The Kier molecular flexibility index (Phi) is 8.04. The Hall–Kier alpha value is -3.25. The van der Waals surface area contributed by atoms with Crippen LogP contribution in [0.1, 0.15) is 17.2 Å². The molecule has 3 aromatic rings. The van der Waals surface area contributed by atoms with Gasteiger partial charge in [-0.1, -0.05) is 42.5 Å². The summed E-state index contributed by atoms with van der Waals surface area (Å²) in [6.07, 6.45) is -0.586. The first kappa shape index (κ1) is 25.8. The molecule has 1 saturated heterocycles. The Morgan fingerprint density at radius 3 is 2.28 bits per heavy atom. The van der Waals surface area contributed by atoms with E-state index in [1.54, 1.807) is 0 Å². The standard InChI is InChI=1S/C25H25F2N3O5S/c26-23-10-9-20(17-24(23)27)25(19-5-2-1-3-6-19)35-16-15-28-11-13-29(14-12-28)36(33,34)22-8-4-7-21(18-22)30(31)32/h1-10,17-18,25H,11-16H2/t25-/m1/s1. The molecule has 8 nitrogen and oxygen atoms in total. The molecule has 1 fully saturated rings. The van der Waals surface area contributed by atoms with Gasteiger partial charge in [-0.2, -0.15) is 4.31 Å². The summed E-state index contributed by atoms with van der Waals surface area (Å²) in [6.45, 7) is 2.18. The molecular formula is C25H25F2N3O5S. The SMILES string of the molecule is O=[N+]([O-])c1cccc(S(=O)(=O)N2CCN(CCO[C@H](c3ccccc3)c3ccc(F)c(F)c3)CC2)c1. The second kappa shape index (κ2) is 11.2. The quantitative estimate of drug-likeness (QED) is 0.315. The van der Waals surface area contributed by atoms with Crippen LogP contribution in [0.5, 0.6) is 0 Å². The van der Waals surface area contributed by atoms with Crippen LogP contribution in [0.3, 0.4) is 0 Å². The maximum atomic E-state index is 13.9. The van der Waals surface area contributed by atoms with E-state index >= 15 is 0 Å². The molecule has 1 aliphatic rings. The highest BCUT2D eigenvalue weighted by Crippen LogP contribution is 2.27. The monoisotopic (exact) mass is 517 g/mol. The smallest absolute Gasteiger partial charge is 0.270 e. The first-order valence-electron chi connectivity index (χ1n) is 11.3. The molecule has 0 bridgehead atoms. The summed E-state index contributed by atoms with van der Waals surface area (Å²) >= 11 is 0. The maximum absolute atomic E-state index is 13.9. The lowest BCUT2D eigenvalue weighted by Gasteiger charge is -2.34. The highest BCUT2D eigenvalue weighted by Gasteiger charge is 2.29. The van der Waals surface area contributed by atoms with Crippen molar-refractivity contribution in [1.82, 2.24) is 9.21 Å². The molecule has 1 aliphatic heterocycles. The Bertz CT molecular complexity index is 1320. The van der Waals surface area contributed by atoms with Crippen molar-refractivity contribution in [2.75, 3.05) is 39.3 Å². The topological polar surface area (TPSA) is 93.0 Å². The molecular weight excluding hydrogens is 492 g/mol. The molecule has 0 amide bonds. The van der Waals surface area contributed by atoms with E-state index in [9.17, 15) is 27.3 Å². The van der Waals surface area contributed by atoms with Gasteiger partial charge < -0.3 is 4.74 Å². The number of benzene rings is 3. The Labute approximate surface area is 207 Å². The van der Waals surface area contributed by atoms with Crippen molar-refractivity contribution in [2.24, 2.45) is 0 Å². The third kappa shape index (κ3) is 5.93. The fourth-order valence-electron chi connectivity index (χ4n) is 4.09. The van der Waals surface area contributed by atoms with Gasteiger partial charge >= 0.3 is 0 Å². The van der Waals surface area contributed by atoms with E-state index in [4.69, 9.17) is 4.74 Å². The van der Waals surface area contributed by atoms with Crippen LogP contribution >= 0.6 is 0 Å². The minimum Gasteiger partial charge on any atom is -0.367 e. The molecule has 4 rings (SSSR count). The van der Waals surface area contributed by atoms with E-state index in [1.165, 1.54) is 28.6 Å². The molecule has 0 saturated carbocycles. The van der Waals surface area contributed by atoms with Crippen LogP contribution in [0, 0.1) is 21.7 Å². The van der Waals surface area contributed by atoms with Crippen molar-refractivity contribution in [1.29, 1.82) is 0 Å². The third-order valence-corrected chi connectivity index (χ3v) is 7.93. The zero-order valence-corrected chi connectivity index (χ0v) is 20.1. The average molecular weight is 518 g/mol. The number of piperazine rings is 1. The molecule has 36 heavy (non-hydrogen) atoms. The van der Waals surface area contributed by atoms with Gasteiger partial charge in [0.05, 0.1) is 16.4 Å². The van der Waals surface area contributed by atoms with Crippen molar-refractivity contribution in [3.05, 3.63) is 106 Å². The van der Waals surface area contributed by atoms with E-state index < -0.39 is 32.7 Å². The largest absolute Gasteiger partial charge is 0.367 e. The number of nitrogens with zero attached hydrogens (tertiary/aromatic N) is 3. The number of sulfonamides is 1. The summed E-state index contributed by atoms with van der Waals surface area (Å²) in [7, 11) is -3.85. The minimum absolute atomic E-state index is 0.106. The van der Waals surface area contributed by atoms with Crippen LogP contribution in [-0.2, 0) is 14.8 Å². The van der Waals surface area contributed by atoms with Gasteiger partial charge in [0, 0.05) is 44.9 Å². The highest BCUT2D eigenvalue weighted by atomic mass is 32.2. The fraction of sp³-hybridized carbons (Fsp3) is 0.280. The second-order valence-corrected chi connectivity index (χ2v) is 10.3. The molecule has 0 unspecified atom stereocenters. The van der Waals surface area contributed by atoms with Crippen molar-refractivity contribution < 1.29 is 26.9 Å². The lowest BCUT2D eigenvalue weighted by Crippen LogP contribution is -2.49. The zero-order valence-electron chi connectivity index (χ0n) is 19.3. The normalized spacial score (nSPS) is 16.1. The zero-order chi connectivity index (χ0) is 25.7. The molecule has 0 aromatic heterocycles. The van der Waals surface area contributed by atoms with Gasteiger partial charge in [-0.25, -0.2) is 17.2 Å². The average Bonchev–Trinajstić information content (AvgIpc) is 2.89. The van der Waals surface area contributed by atoms with Gasteiger partial charge in [0.15, 0.2) is 11.6 Å². The molecule has 0 spiro atoms. The number of nitro groups is 1. The number of ether oxygens (including phenoxy) is 1. The first-order valence-corrected chi connectivity index (χ1v) is 12.8. The van der Waals surface area contributed by atoms with Crippen LogP contribution in [0.4, 0.5) is 14.5 Å². The maximum Gasteiger partial charge on any atom is 0.270 e. The van der Waals surface area contributed by atoms with Crippen molar-refractivity contribution in [3.8, 4) is 0 Å². The fourth-order valence-corrected chi connectivity index (χ4v) is 5.55. The summed E-state index contributed by atoms with van der Waals surface area (Å²) < 4.78 is 60.6. The van der Waals surface area contributed by atoms with Gasteiger partial charge in [0.25, 0.3) is 5.69 Å². The number of hydrogen-bond acceptors (Lipinski definition) is 6. The van der Waals surface area contributed by atoms with Crippen molar-refractivity contribution in [3.63, 3.8) is 0 Å². The van der Waals surface area contributed by atoms with E-state index in [0.717, 1.165) is 23.8 Å². The highest BCUT2D eigenvalue weighted by molar-refractivity contribution is 7.89. The number of hydrogen-bond donors (Lipinski definition) is 0. The van der Waals surface area contributed by atoms with E-state index in [-0.39, 0.29) is 30.3 Å². The summed E-state index contributed by atoms with van der Waals surface area (Å²) in [5.41, 5.74) is 1.02. The van der Waals surface area contributed by atoms with Gasteiger partial charge in [-0.05, 0) is 29.3 Å². The molecule has 0 radical (unpaired) electrons. The number of non-ortho nitro benzene ring substituents is 1. The summed E-state index contributed by atoms with van der Waals surface area (Å²) in [6, 6.07) is 18.0. The molecule has 0 aliphatic carbocycles. The van der Waals surface area contributed by atoms with Crippen LogP contribution in [0.25, 0.3) is 0 Å². The second-order valence-electron chi connectivity index (χ2n) is 8.34. The van der Waals surface area contributed by atoms with Gasteiger partial charge in [-0.15, -0.1) is 0 Å². The van der Waals surface area contributed by atoms with E-state index in [0.29, 0.717) is 25.2 Å². The van der Waals surface area contributed by atoms with Gasteiger partial charge in [0.1, 0.15) is 6.10 Å². The molecule has 3 aromatic carbocycles. The predicted octanol–water partition coefficient (Wildman–Crippen LogP) is 3.99. The molecule has 0 N–H and O–H groups in total.